The number of likely N-dealkylation sites (tertiary alicyclic amines) is 1. The Kier molecular flexibility index (Phi) is 4.18. The van der Waals surface area contributed by atoms with E-state index in [0.717, 1.165) is 6.42 Å². The summed E-state index contributed by atoms with van der Waals surface area (Å²) in [5.74, 6) is 1.09. The minimum atomic E-state index is -0.0476. The van der Waals surface area contributed by atoms with Crippen LogP contribution in [0.15, 0.2) is 42.9 Å². The molecule has 22 heavy (non-hydrogen) atoms. The molecule has 1 aromatic carbocycles. The third-order valence-corrected chi connectivity index (χ3v) is 3.61. The van der Waals surface area contributed by atoms with Crippen LogP contribution < -0.4 is 9.47 Å². The van der Waals surface area contributed by atoms with Crippen molar-refractivity contribution in [3.8, 4) is 11.6 Å². The smallest absolute Gasteiger partial charge is 0.257 e. The van der Waals surface area contributed by atoms with Crippen molar-refractivity contribution < 1.29 is 14.3 Å². The number of nitrogens with zero attached hydrogens (tertiary/aromatic N) is 3. The molecule has 6 nitrogen and oxygen atoms in total. The predicted octanol–water partition coefficient (Wildman–Crippen LogP) is 1.78. The molecule has 1 saturated heterocycles. The summed E-state index contributed by atoms with van der Waals surface area (Å²) in [5.41, 5.74) is 0.577. The second-order valence-electron chi connectivity index (χ2n) is 5.03. The zero-order valence-corrected chi connectivity index (χ0v) is 12.3. The van der Waals surface area contributed by atoms with Gasteiger partial charge in [-0.1, -0.05) is 12.1 Å². The van der Waals surface area contributed by atoms with Crippen molar-refractivity contribution in [2.75, 3.05) is 20.2 Å². The number of carbonyl (C=O) groups excluding carboxylic acids is 1. The lowest BCUT2D eigenvalue weighted by Gasteiger charge is -2.18. The van der Waals surface area contributed by atoms with Crippen LogP contribution in [0.1, 0.15) is 16.8 Å². The van der Waals surface area contributed by atoms with Gasteiger partial charge in [0, 0.05) is 25.2 Å². The lowest BCUT2D eigenvalue weighted by molar-refractivity contribution is 0.0768. The van der Waals surface area contributed by atoms with E-state index in [1.54, 1.807) is 36.4 Å². The van der Waals surface area contributed by atoms with E-state index in [1.165, 1.54) is 6.33 Å². The fraction of sp³-hybridized carbons (Fsp3) is 0.312. The number of carbonyl (C=O) groups is 1. The van der Waals surface area contributed by atoms with Gasteiger partial charge in [-0.2, -0.15) is 0 Å². The number of para-hydroxylation sites is 1. The van der Waals surface area contributed by atoms with Gasteiger partial charge in [-0.3, -0.25) is 4.79 Å². The molecule has 2 aromatic rings. The van der Waals surface area contributed by atoms with E-state index in [1.807, 2.05) is 12.1 Å². The summed E-state index contributed by atoms with van der Waals surface area (Å²) in [6, 6.07) is 8.96. The molecule has 0 saturated carbocycles. The largest absolute Gasteiger partial charge is 0.496 e. The molecule has 1 aliphatic rings. The van der Waals surface area contributed by atoms with Gasteiger partial charge in [0.25, 0.3) is 5.91 Å². The summed E-state index contributed by atoms with van der Waals surface area (Å²) in [4.78, 5) is 22.3. The molecule has 0 bridgehead atoms. The molecule has 114 valence electrons. The summed E-state index contributed by atoms with van der Waals surface area (Å²) in [5, 5.41) is 0. The fourth-order valence-corrected chi connectivity index (χ4v) is 2.52. The van der Waals surface area contributed by atoms with Crippen LogP contribution in [0.4, 0.5) is 0 Å². The van der Waals surface area contributed by atoms with Crippen molar-refractivity contribution in [2.45, 2.75) is 12.5 Å². The molecule has 1 aliphatic heterocycles. The van der Waals surface area contributed by atoms with Gasteiger partial charge >= 0.3 is 0 Å². The Morgan fingerprint density at radius 2 is 2.18 bits per heavy atom. The summed E-state index contributed by atoms with van der Waals surface area (Å²) >= 11 is 0. The summed E-state index contributed by atoms with van der Waals surface area (Å²) in [6.45, 7) is 1.20. The molecule has 1 amide bonds. The van der Waals surface area contributed by atoms with Crippen molar-refractivity contribution in [1.29, 1.82) is 0 Å². The van der Waals surface area contributed by atoms with E-state index >= 15 is 0 Å². The van der Waals surface area contributed by atoms with E-state index in [4.69, 9.17) is 9.47 Å². The predicted molar refractivity (Wildman–Crippen MR) is 80.0 cm³/mol. The summed E-state index contributed by atoms with van der Waals surface area (Å²) in [7, 11) is 1.57. The van der Waals surface area contributed by atoms with Crippen molar-refractivity contribution in [2.24, 2.45) is 0 Å². The quantitative estimate of drug-likeness (QED) is 0.861. The van der Waals surface area contributed by atoms with Crippen LogP contribution >= 0.6 is 0 Å². The highest BCUT2D eigenvalue weighted by atomic mass is 16.5. The molecule has 0 radical (unpaired) electrons. The number of amides is 1. The first-order valence-corrected chi connectivity index (χ1v) is 7.13. The first-order valence-electron chi connectivity index (χ1n) is 7.13. The molecule has 1 aromatic heterocycles. The third-order valence-electron chi connectivity index (χ3n) is 3.61. The van der Waals surface area contributed by atoms with Gasteiger partial charge in [-0.15, -0.1) is 0 Å². The van der Waals surface area contributed by atoms with E-state index < -0.39 is 0 Å². The number of hydrogen-bond acceptors (Lipinski definition) is 5. The Morgan fingerprint density at radius 3 is 2.95 bits per heavy atom. The van der Waals surface area contributed by atoms with Gasteiger partial charge < -0.3 is 14.4 Å². The van der Waals surface area contributed by atoms with Gasteiger partial charge in [0.2, 0.25) is 5.88 Å². The summed E-state index contributed by atoms with van der Waals surface area (Å²) in [6.07, 6.45) is 3.82. The maximum Gasteiger partial charge on any atom is 0.257 e. The zero-order valence-electron chi connectivity index (χ0n) is 12.3. The second-order valence-corrected chi connectivity index (χ2v) is 5.03. The maximum absolute atomic E-state index is 12.6. The van der Waals surface area contributed by atoms with E-state index in [0.29, 0.717) is 30.3 Å². The Balaban J connectivity index is 1.66. The van der Waals surface area contributed by atoms with Crippen molar-refractivity contribution in [3.63, 3.8) is 0 Å². The maximum atomic E-state index is 12.6. The average Bonchev–Trinajstić information content (AvgIpc) is 3.03. The summed E-state index contributed by atoms with van der Waals surface area (Å²) < 4.78 is 11.0. The number of benzene rings is 1. The topological polar surface area (TPSA) is 64.5 Å². The average molecular weight is 299 g/mol. The van der Waals surface area contributed by atoms with E-state index in [9.17, 15) is 4.79 Å². The highest BCUT2D eigenvalue weighted by Crippen LogP contribution is 2.23. The lowest BCUT2D eigenvalue weighted by atomic mass is 10.2. The molecular formula is C16H17N3O3. The Bertz CT molecular complexity index is 648. The van der Waals surface area contributed by atoms with Gasteiger partial charge in [-0.25, -0.2) is 9.97 Å². The molecule has 1 fully saturated rings. The van der Waals surface area contributed by atoms with Crippen molar-refractivity contribution in [3.05, 3.63) is 48.4 Å². The number of hydrogen-bond donors (Lipinski definition) is 0. The molecule has 2 heterocycles. The first kappa shape index (κ1) is 14.3. The van der Waals surface area contributed by atoms with Crippen LogP contribution in [-0.2, 0) is 0 Å². The van der Waals surface area contributed by atoms with Gasteiger partial charge in [0.1, 0.15) is 18.2 Å². The molecule has 1 unspecified atom stereocenters. The standard InChI is InChI=1S/C16H17N3O3/c1-21-14-5-3-2-4-13(14)16(20)19-9-7-12(10-19)22-15-6-8-17-11-18-15/h2-6,8,11-12H,7,9-10H2,1H3. The van der Waals surface area contributed by atoms with Gasteiger partial charge in [0.15, 0.2) is 0 Å². The molecule has 3 rings (SSSR count). The monoisotopic (exact) mass is 299 g/mol. The minimum Gasteiger partial charge on any atom is -0.496 e. The van der Waals surface area contributed by atoms with E-state index in [2.05, 4.69) is 9.97 Å². The molecule has 0 aliphatic carbocycles. The van der Waals surface area contributed by atoms with Crippen LogP contribution in [-0.4, -0.2) is 47.1 Å². The molecule has 1 atom stereocenters. The second kappa shape index (κ2) is 6.43. The van der Waals surface area contributed by atoms with E-state index in [-0.39, 0.29) is 12.0 Å². The number of aromatic nitrogens is 2. The Labute approximate surface area is 128 Å². The molecule has 6 heteroatoms. The Hall–Kier alpha value is -2.63. The van der Waals surface area contributed by atoms with Crippen LogP contribution in [0.25, 0.3) is 0 Å². The third kappa shape index (κ3) is 3.00. The zero-order chi connectivity index (χ0) is 15.4. The number of ether oxygens (including phenoxy) is 2. The minimum absolute atomic E-state index is 0.0359. The molecule has 0 spiro atoms. The van der Waals surface area contributed by atoms with Crippen molar-refractivity contribution >= 4 is 5.91 Å². The SMILES string of the molecule is COc1ccccc1C(=O)N1CCC(Oc2ccncn2)C1. The van der Waals surface area contributed by atoms with Crippen LogP contribution in [0.2, 0.25) is 0 Å². The van der Waals surface area contributed by atoms with Crippen LogP contribution in [0.5, 0.6) is 11.6 Å². The molecular weight excluding hydrogens is 282 g/mol. The first-order chi connectivity index (χ1) is 10.8. The van der Waals surface area contributed by atoms with Gasteiger partial charge in [-0.05, 0) is 12.1 Å². The number of rotatable bonds is 4. The lowest BCUT2D eigenvalue weighted by Crippen LogP contribution is -2.31. The number of methoxy groups -OCH3 is 1. The van der Waals surface area contributed by atoms with Crippen LogP contribution in [0, 0.1) is 0 Å². The highest BCUT2D eigenvalue weighted by molar-refractivity contribution is 5.97. The van der Waals surface area contributed by atoms with Crippen molar-refractivity contribution in [1.82, 2.24) is 14.9 Å². The molecule has 0 N–H and O–H groups in total. The van der Waals surface area contributed by atoms with Gasteiger partial charge in [0.05, 0.1) is 19.2 Å². The highest BCUT2D eigenvalue weighted by Gasteiger charge is 2.29. The fourth-order valence-electron chi connectivity index (χ4n) is 2.52. The normalized spacial score (nSPS) is 17.3. The Morgan fingerprint density at radius 1 is 1.32 bits per heavy atom. The van der Waals surface area contributed by atoms with Crippen LogP contribution in [0.3, 0.4) is 0 Å².